The van der Waals surface area contributed by atoms with E-state index < -0.39 is 0 Å². The van der Waals surface area contributed by atoms with Crippen LogP contribution in [0.4, 0.5) is 0 Å². The van der Waals surface area contributed by atoms with Gasteiger partial charge in [-0.05, 0) is 30.7 Å². The SMILES string of the molecule is CCNC(CCC1CCCCC1)C(C)(C)C. The molecule has 16 heavy (non-hydrogen) atoms. The fraction of sp³-hybridized carbons (Fsp3) is 1.00. The third-order valence-electron chi connectivity index (χ3n) is 4.08. The Morgan fingerprint density at radius 3 is 2.25 bits per heavy atom. The highest BCUT2D eigenvalue weighted by atomic mass is 14.9. The van der Waals surface area contributed by atoms with Crippen molar-refractivity contribution >= 4 is 0 Å². The van der Waals surface area contributed by atoms with Crippen molar-refractivity contribution in [1.29, 1.82) is 0 Å². The molecular formula is C15H31N. The third-order valence-corrected chi connectivity index (χ3v) is 4.08. The largest absolute Gasteiger partial charge is 0.314 e. The number of hydrogen-bond donors (Lipinski definition) is 1. The van der Waals surface area contributed by atoms with E-state index in [0.29, 0.717) is 11.5 Å². The van der Waals surface area contributed by atoms with Gasteiger partial charge in [0.2, 0.25) is 0 Å². The van der Waals surface area contributed by atoms with E-state index in [9.17, 15) is 0 Å². The summed E-state index contributed by atoms with van der Waals surface area (Å²) in [4.78, 5) is 0. The zero-order chi connectivity index (χ0) is 12.0. The molecule has 96 valence electrons. The second kappa shape index (κ2) is 6.64. The Morgan fingerprint density at radius 2 is 1.75 bits per heavy atom. The maximum atomic E-state index is 3.66. The van der Waals surface area contributed by atoms with Gasteiger partial charge in [0, 0.05) is 6.04 Å². The van der Waals surface area contributed by atoms with Crippen LogP contribution in [0, 0.1) is 11.3 Å². The van der Waals surface area contributed by atoms with E-state index in [1.165, 1.54) is 44.9 Å². The molecule has 1 rings (SSSR count). The average molecular weight is 225 g/mol. The van der Waals surface area contributed by atoms with Gasteiger partial charge in [0.25, 0.3) is 0 Å². The molecule has 0 aliphatic heterocycles. The zero-order valence-corrected chi connectivity index (χ0v) is 11.8. The molecule has 0 amide bonds. The first-order chi connectivity index (χ1) is 7.54. The van der Waals surface area contributed by atoms with Gasteiger partial charge in [-0.1, -0.05) is 59.8 Å². The standard InChI is InChI=1S/C15H31N/c1-5-16-14(15(2,3)4)12-11-13-9-7-6-8-10-13/h13-14,16H,5-12H2,1-4H3. The Hall–Kier alpha value is -0.0400. The summed E-state index contributed by atoms with van der Waals surface area (Å²) in [5.74, 6) is 1.03. The molecule has 0 spiro atoms. The molecule has 1 heteroatoms. The van der Waals surface area contributed by atoms with Crippen LogP contribution in [0.15, 0.2) is 0 Å². The van der Waals surface area contributed by atoms with Crippen LogP contribution in [-0.2, 0) is 0 Å². The summed E-state index contributed by atoms with van der Waals surface area (Å²) in [6.07, 6.45) is 10.2. The average Bonchev–Trinajstić information content (AvgIpc) is 2.24. The van der Waals surface area contributed by atoms with E-state index in [0.717, 1.165) is 12.5 Å². The number of rotatable bonds is 5. The molecule has 0 radical (unpaired) electrons. The topological polar surface area (TPSA) is 12.0 Å². The van der Waals surface area contributed by atoms with Crippen molar-refractivity contribution < 1.29 is 0 Å². The first kappa shape index (κ1) is 14.0. The van der Waals surface area contributed by atoms with Gasteiger partial charge in [-0.2, -0.15) is 0 Å². The summed E-state index contributed by atoms with van der Waals surface area (Å²) in [6.45, 7) is 10.4. The van der Waals surface area contributed by atoms with E-state index in [2.05, 4.69) is 33.0 Å². The van der Waals surface area contributed by atoms with Crippen molar-refractivity contribution in [2.45, 2.75) is 78.7 Å². The summed E-state index contributed by atoms with van der Waals surface area (Å²) in [6, 6.07) is 0.694. The van der Waals surface area contributed by atoms with Crippen LogP contribution in [0.5, 0.6) is 0 Å². The monoisotopic (exact) mass is 225 g/mol. The summed E-state index contributed by atoms with van der Waals surface area (Å²) in [5.41, 5.74) is 0.407. The molecule has 0 saturated heterocycles. The Balaban J connectivity index is 2.31. The highest BCUT2D eigenvalue weighted by molar-refractivity contribution is 4.81. The Labute approximate surface area is 102 Å². The lowest BCUT2D eigenvalue weighted by atomic mass is 9.79. The third kappa shape index (κ3) is 4.86. The van der Waals surface area contributed by atoms with Crippen LogP contribution in [0.2, 0.25) is 0 Å². The van der Waals surface area contributed by atoms with Gasteiger partial charge in [-0.3, -0.25) is 0 Å². The number of hydrogen-bond acceptors (Lipinski definition) is 1. The van der Waals surface area contributed by atoms with Crippen LogP contribution >= 0.6 is 0 Å². The molecule has 1 unspecified atom stereocenters. The molecule has 0 aromatic heterocycles. The van der Waals surface area contributed by atoms with E-state index in [-0.39, 0.29) is 0 Å². The highest BCUT2D eigenvalue weighted by Gasteiger charge is 2.24. The quantitative estimate of drug-likeness (QED) is 0.732. The van der Waals surface area contributed by atoms with Crippen LogP contribution in [0.3, 0.4) is 0 Å². The summed E-state index contributed by atoms with van der Waals surface area (Å²) < 4.78 is 0. The molecule has 1 aliphatic rings. The zero-order valence-electron chi connectivity index (χ0n) is 11.8. The summed E-state index contributed by atoms with van der Waals surface area (Å²) in [5, 5.41) is 3.66. The fourth-order valence-corrected chi connectivity index (χ4v) is 2.97. The van der Waals surface area contributed by atoms with Crippen LogP contribution in [-0.4, -0.2) is 12.6 Å². The smallest absolute Gasteiger partial charge is 0.0116 e. The van der Waals surface area contributed by atoms with Gasteiger partial charge in [0.05, 0.1) is 0 Å². The lowest BCUT2D eigenvalue weighted by molar-refractivity contribution is 0.228. The summed E-state index contributed by atoms with van der Waals surface area (Å²) >= 11 is 0. The van der Waals surface area contributed by atoms with Crippen LogP contribution < -0.4 is 5.32 Å². The maximum absolute atomic E-state index is 3.66. The molecule has 1 saturated carbocycles. The Morgan fingerprint density at radius 1 is 1.12 bits per heavy atom. The van der Waals surface area contributed by atoms with E-state index in [1.54, 1.807) is 0 Å². The summed E-state index contributed by atoms with van der Waals surface area (Å²) in [7, 11) is 0. The fourth-order valence-electron chi connectivity index (χ4n) is 2.97. The highest BCUT2D eigenvalue weighted by Crippen LogP contribution is 2.30. The Bertz CT molecular complexity index is 174. The predicted octanol–water partition coefficient (Wildman–Crippen LogP) is 4.37. The van der Waals surface area contributed by atoms with Gasteiger partial charge in [-0.15, -0.1) is 0 Å². The first-order valence-corrected chi connectivity index (χ1v) is 7.27. The normalized spacial score (nSPS) is 21.0. The van der Waals surface area contributed by atoms with Crippen molar-refractivity contribution in [1.82, 2.24) is 5.32 Å². The van der Waals surface area contributed by atoms with Gasteiger partial charge < -0.3 is 5.32 Å². The number of nitrogens with one attached hydrogen (secondary N) is 1. The lowest BCUT2D eigenvalue weighted by Gasteiger charge is -2.33. The molecule has 0 bridgehead atoms. The van der Waals surface area contributed by atoms with E-state index in [1.807, 2.05) is 0 Å². The molecular weight excluding hydrogens is 194 g/mol. The van der Waals surface area contributed by atoms with Gasteiger partial charge >= 0.3 is 0 Å². The maximum Gasteiger partial charge on any atom is 0.0116 e. The van der Waals surface area contributed by atoms with Gasteiger partial charge in [0.1, 0.15) is 0 Å². The minimum Gasteiger partial charge on any atom is -0.314 e. The molecule has 1 N–H and O–H groups in total. The molecule has 1 atom stereocenters. The van der Waals surface area contributed by atoms with Crippen molar-refractivity contribution in [3.8, 4) is 0 Å². The molecule has 0 aromatic rings. The van der Waals surface area contributed by atoms with Crippen LogP contribution in [0.25, 0.3) is 0 Å². The molecule has 0 aromatic carbocycles. The van der Waals surface area contributed by atoms with Crippen molar-refractivity contribution in [3.63, 3.8) is 0 Å². The predicted molar refractivity (Wildman–Crippen MR) is 72.7 cm³/mol. The molecule has 0 heterocycles. The second-order valence-electron chi connectivity index (χ2n) is 6.56. The first-order valence-electron chi connectivity index (χ1n) is 7.27. The van der Waals surface area contributed by atoms with Crippen molar-refractivity contribution in [2.24, 2.45) is 11.3 Å². The van der Waals surface area contributed by atoms with Gasteiger partial charge in [-0.25, -0.2) is 0 Å². The van der Waals surface area contributed by atoms with Gasteiger partial charge in [0.15, 0.2) is 0 Å². The minimum atomic E-state index is 0.407. The van der Waals surface area contributed by atoms with Crippen molar-refractivity contribution in [3.05, 3.63) is 0 Å². The molecule has 1 nitrogen and oxygen atoms in total. The van der Waals surface area contributed by atoms with Crippen LogP contribution in [0.1, 0.15) is 72.6 Å². The van der Waals surface area contributed by atoms with E-state index >= 15 is 0 Å². The molecule has 1 aliphatic carbocycles. The Kier molecular flexibility index (Phi) is 5.82. The van der Waals surface area contributed by atoms with Crippen molar-refractivity contribution in [2.75, 3.05) is 6.54 Å². The van der Waals surface area contributed by atoms with E-state index in [4.69, 9.17) is 0 Å². The minimum absolute atomic E-state index is 0.407. The molecule has 1 fully saturated rings. The lowest BCUT2D eigenvalue weighted by Crippen LogP contribution is -2.40. The second-order valence-corrected chi connectivity index (χ2v) is 6.56.